The molecule has 1 aliphatic carbocycles. The summed E-state index contributed by atoms with van der Waals surface area (Å²) in [5, 5.41) is 9.59. The number of hydrogen-bond donors (Lipinski definition) is 1. The molecule has 0 aromatic rings. The van der Waals surface area contributed by atoms with Gasteiger partial charge in [-0.15, -0.1) is 0 Å². The molecule has 1 nitrogen and oxygen atoms in total. The van der Waals surface area contributed by atoms with Crippen LogP contribution in [0.4, 0.5) is 0 Å². The van der Waals surface area contributed by atoms with Crippen molar-refractivity contribution in [3.8, 4) is 0 Å². The Morgan fingerprint density at radius 3 is 2.73 bits per heavy atom. The van der Waals surface area contributed by atoms with Crippen molar-refractivity contribution in [3.05, 3.63) is 24.3 Å². The third-order valence-electron chi connectivity index (χ3n) is 2.40. The van der Waals surface area contributed by atoms with Gasteiger partial charge in [-0.3, -0.25) is 0 Å². The Bertz CT molecular complexity index is 181. The molecular weight excluding hydrogens is 136 g/mol. The summed E-state index contributed by atoms with van der Waals surface area (Å²) in [6.07, 6.45) is 2.61. The predicted octanol–water partition coefficient (Wildman–Crippen LogP) is 2.28. The first kappa shape index (κ1) is 8.54. The van der Waals surface area contributed by atoms with E-state index < -0.39 is 0 Å². The fourth-order valence-corrected chi connectivity index (χ4v) is 1.67. The molecule has 0 bridgehead atoms. The number of rotatable bonds is 1. The van der Waals surface area contributed by atoms with Crippen LogP contribution in [0.5, 0.6) is 0 Å². The SMILES string of the molecule is C=C1CCC(C(=C)C)C(O)C1. The topological polar surface area (TPSA) is 20.2 Å². The van der Waals surface area contributed by atoms with E-state index in [1.54, 1.807) is 0 Å². The summed E-state index contributed by atoms with van der Waals surface area (Å²) in [5.41, 5.74) is 2.28. The van der Waals surface area contributed by atoms with Gasteiger partial charge >= 0.3 is 0 Å². The third kappa shape index (κ3) is 1.93. The lowest BCUT2D eigenvalue weighted by Gasteiger charge is -2.29. The Hall–Kier alpha value is -0.560. The Morgan fingerprint density at radius 2 is 2.27 bits per heavy atom. The van der Waals surface area contributed by atoms with Gasteiger partial charge in [0.25, 0.3) is 0 Å². The van der Waals surface area contributed by atoms with Crippen LogP contribution in [0.3, 0.4) is 0 Å². The highest BCUT2D eigenvalue weighted by Crippen LogP contribution is 2.31. The zero-order valence-corrected chi connectivity index (χ0v) is 7.14. The van der Waals surface area contributed by atoms with E-state index in [0.29, 0.717) is 5.92 Å². The quantitative estimate of drug-likeness (QED) is 0.571. The van der Waals surface area contributed by atoms with Crippen molar-refractivity contribution in [3.63, 3.8) is 0 Å². The molecule has 0 saturated heterocycles. The molecule has 1 rings (SSSR count). The first-order chi connectivity index (χ1) is 5.11. The Labute approximate surface area is 68.4 Å². The highest BCUT2D eigenvalue weighted by atomic mass is 16.3. The van der Waals surface area contributed by atoms with Crippen molar-refractivity contribution in [2.24, 2.45) is 5.92 Å². The van der Waals surface area contributed by atoms with Crippen molar-refractivity contribution < 1.29 is 5.11 Å². The van der Waals surface area contributed by atoms with E-state index in [-0.39, 0.29) is 6.10 Å². The monoisotopic (exact) mass is 152 g/mol. The van der Waals surface area contributed by atoms with E-state index in [9.17, 15) is 5.11 Å². The molecule has 0 spiro atoms. The highest BCUT2D eigenvalue weighted by Gasteiger charge is 2.24. The Morgan fingerprint density at radius 1 is 1.64 bits per heavy atom. The molecule has 0 aromatic carbocycles. The molecule has 1 heteroatoms. The summed E-state index contributed by atoms with van der Waals surface area (Å²) in [5.74, 6) is 0.306. The van der Waals surface area contributed by atoms with Gasteiger partial charge in [-0.25, -0.2) is 0 Å². The van der Waals surface area contributed by atoms with Gasteiger partial charge in [0.05, 0.1) is 6.10 Å². The molecule has 1 fully saturated rings. The zero-order chi connectivity index (χ0) is 8.43. The summed E-state index contributed by atoms with van der Waals surface area (Å²) < 4.78 is 0. The molecule has 0 aliphatic heterocycles. The number of aliphatic hydroxyl groups excluding tert-OH is 1. The van der Waals surface area contributed by atoms with Crippen LogP contribution in [-0.4, -0.2) is 11.2 Å². The summed E-state index contributed by atoms with van der Waals surface area (Å²) in [7, 11) is 0. The van der Waals surface area contributed by atoms with Crippen molar-refractivity contribution in [2.45, 2.75) is 32.3 Å². The van der Waals surface area contributed by atoms with Gasteiger partial charge in [-0.2, -0.15) is 0 Å². The third-order valence-corrected chi connectivity index (χ3v) is 2.40. The normalized spacial score (nSPS) is 32.0. The fourth-order valence-electron chi connectivity index (χ4n) is 1.67. The first-order valence-corrected chi connectivity index (χ1v) is 4.11. The first-order valence-electron chi connectivity index (χ1n) is 4.11. The summed E-state index contributed by atoms with van der Waals surface area (Å²) in [6, 6.07) is 0. The second-order valence-corrected chi connectivity index (χ2v) is 3.51. The van der Waals surface area contributed by atoms with E-state index in [0.717, 1.165) is 24.8 Å². The fraction of sp³-hybridized carbons (Fsp3) is 0.600. The number of aliphatic hydroxyl groups is 1. The van der Waals surface area contributed by atoms with Crippen molar-refractivity contribution in [2.75, 3.05) is 0 Å². The number of hydrogen-bond acceptors (Lipinski definition) is 1. The largest absolute Gasteiger partial charge is 0.392 e. The summed E-state index contributed by atoms with van der Waals surface area (Å²) >= 11 is 0. The minimum atomic E-state index is -0.228. The van der Waals surface area contributed by atoms with Crippen LogP contribution in [0.1, 0.15) is 26.2 Å². The highest BCUT2D eigenvalue weighted by molar-refractivity contribution is 5.10. The maximum Gasteiger partial charge on any atom is 0.0642 e. The minimum Gasteiger partial charge on any atom is -0.392 e. The van der Waals surface area contributed by atoms with E-state index in [4.69, 9.17) is 0 Å². The lowest BCUT2D eigenvalue weighted by atomic mass is 9.80. The van der Waals surface area contributed by atoms with Crippen LogP contribution in [0, 0.1) is 5.92 Å². The molecule has 1 N–H and O–H groups in total. The summed E-state index contributed by atoms with van der Waals surface area (Å²) in [6.45, 7) is 9.72. The van der Waals surface area contributed by atoms with E-state index in [1.165, 1.54) is 5.57 Å². The molecule has 2 unspecified atom stereocenters. The lowest BCUT2D eigenvalue weighted by Crippen LogP contribution is -2.25. The van der Waals surface area contributed by atoms with Crippen LogP contribution in [0.15, 0.2) is 24.3 Å². The van der Waals surface area contributed by atoms with E-state index >= 15 is 0 Å². The second-order valence-electron chi connectivity index (χ2n) is 3.51. The molecule has 62 valence electrons. The standard InChI is InChI=1S/C10H16O/c1-7(2)9-5-4-8(3)6-10(9)11/h9-11H,1,3-6H2,2H3. The molecule has 0 aromatic heterocycles. The lowest BCUT2D eigenvalue weighted by molar-refractivity contribution is 0.107. The average Bonchev–Trinajstić information content (AvgIpc) is 1.85. The van der Waals surface area contributed by atoms with Gasteiger partial charge in [-0.05, 0) is 26.2 Å². The van der Waals surface area contributed by atoms with Crippen LogP contribution >= 0.6 is 0 Å². The average molecular weight is 152 g/mol. The molecule has 0 radical (unpaired) electrons. The maximum atomic E-state index is 9.59. The van der Waals surface area contributed by atoms with Gasteiger partial charge in [-0.1, -0.05) is 24.3 Å². The zero-order valence-electron chi connectivity index (χ0n) is 7.14. The van der Waals surface area contributed by atoms with Gasteiger partial charge in [0.15, 0.2) is 0 Å². The van der Waals surface area contributed by atoms with Crippen LogP contribution in [-0.2, 0) is 0 Å². The molecule has 0 amide bonds. The van der Waals surface area contributed by atoms with Gasteiger partial charge < -0.3 is 5.11 Å². The van der Waals surface area contributed by atoms with E-state index in [1.807, 2.05) is 6.92 Å². The molecule has 2 atom stereocenters. The van der Waals surface area contributed by atoms with Crippen molar-refractivity contribution >= 4 is 0 Å². The predicted molar refractivity (Wildman–Crippen MR) is 47.3 cm³/mol. The molecule has 11 heavy (non-hydrogen) atoms. The van der Waals surface area contributed by atoms with Crippen LogP contribution in [0.2, 0.25) is 0 Å². The minimum absolute atomic E-state index is 0.228. The van der Waals surface area contributed by atoms with E-state index in [2.05, 4.69) is 13.2 Å². The molecule has 1 aliphatic rings. The second kappa shape index (κ2) is 3.22. The maximum absolute atomic E-state index is 9.59. The Balaban J connectivity index is 2.57. The van der Waals surface area contributed by atoms with Crippen LogP contribution in [0.25, 0.3) is 0 Å². The van der Waals surface area contributed by atoms with Gasteiger partial charge in [0, 0.05) is 5.92 Å². The van der Waals surface area contributed by atoms with Gasteiger partial charge in [0.1, 0.15) is 0 Å². The molecular formula is C10H16O. The molecule has 1 saturated carbocycles. The Kier molecular flexibility index (Phi) is 2.50. The van der Waals surface area contributed by atoms with Crippen molar-refractivity contribution in [1.82, 2.24) is 0 Å². The molecule has 0 heterocycles. The summed E-state index contributed by atoms with van der Waals surface area (Å²) in [4.78, 5) is 0. The van der Waals surface area contributed by atoms with Crippen LogP contribution < -0.4 is 0 Å². The van der Waals surface area contributed by atoms with Crippen molar-refractivity contribution in [1.29, 1.82) is 0 Å². The smallest absolute Gasteiger partial charge is 0.0642 e. The van der Waals surface area contributed by atoms with Gasteiger partial charge in [0.2, 0.25) is 0 Å².